The molecule has 0 aliphatic heterocycles. The second-order valence-corrected chi connectivity index (χ2v) is 8.34. The number of carboxylic acids is 1. The van der Waals surface area contributed by atoms with Gasteiger partial charge in [0.1, 0.15) is 28.3 Å². The zero-order valence-corrected chi connectivity index (χ0v) is 18.9. The van der Waals surface area contributed by atoms with E-state index in [9.17, 15) is 19.8 Å². The van der Waals surface area contributed by atoms with Crippen LogP contribution < -0.4 is 10.5 Å². The van der Waals surface area contributed by atoms with Crippen molar-refractivity contribution in [3.8, 4) is 17.1 Å². The number of nitrogens with one attached hydrogen (secondary N) is 1. The van der Waals surface area contributed by atoms with Gasteiger partial charge < -0.3 is 24.5 Å². The van der Waals surface area contributed by atoms with Crippen LogP contribution in [0.3, 0.4) is 0 Å². The highest BCUT2D eigenvalue weighted by molar-refractivity contribution is 5.92. The lowest BCUT2D eigenvalue weighted by molar-refractivity contribution is 0.0693. The first-order valence-electron chi connectivity index (χ1n) is 10.8. The topological polar surface area (TPSA) is 120 Å². The molecule has 3 N–H and O–H groups in total. The van der Waals surface area contributed by atoms with Crippen molar-refractivity contribution in [3.63, 3.8) is 0 Å². The van der Waals surface area contributed by atoms with Crippen molar-refractivity contribution in [2.45, 2.75) is 0 Å². The molecule has 8 heteroatoms. The Morgan fingerprint density at radius 3 is 2.49 bits per heavy atom. The number of hydrogen-bond donors (Lipinski definition) is 3. The molecule has 2 heterocycles. The zero-order valence-electron chi connectivity index (χ0n) is 18.9. The summed E-state index contributed by atoms with van der Waals surface area (Å²) in [7, 11) is 3.84. The number of aromatic carboxylic acids is 1. The minimum absolute atomic E-state index is 0.159. The number of aromatic hydroxyl groups is 1. The third-order valence-corrected chi connectivity index (χ3v) is 5.72. The number of carbonyl (C=O) groups is 1. The predicted molar refractivity (Wildman–Crippen MR) is 136 cm³/mol. The summed E-state index contributed by atoms with van der Waals surface area (Å²) < 4.78 is 5.57. The standard InChI is InChI=1S/C27H21N3O5/c1-30(2)18-8-7-17-13-20(27(34)35-24(17)14-18)25-28-21-9-5-16(12-22(21)29-25)4-3-15-6-10-23(31)19(11-15)26(32)33/h3-14,31H,1-2H3,(H,28,29)(H,32,33)/b4-3+. The third kappa shape index (κ3) is 4.24. The van der Waals surface area contributed by atoms with Crippen LogP contribution in [0.25, 0.3) is 45.5 Å². The van der Waals surface area contributed by atoms with Gasteiger partial charge in [0.05, 0.1) is 11.0 Å². The number of phenols is 1. The summed E-state index contributed by atoms with van der Waals surface area (Å²) in [5.41, 5.74) is 4.06. The Hall–Kier alpha value is -4.85. The number of fused-ring (bicyclic) bond motifs is 2. The Balaban J connectivity index is 1.48. The maximum absolute atomic E-state index is 12.7. The highest BCUT2D eigenvalue weighted by Crippen LogP contribution is 2.26. The van der Waals surface area contributed by atoms with Crippen molar-refractivity contribution < 1.29 is 19.4 Å². The molecule has 0 saturated heterocycles. The van der Waals surface area contributed by atoms with Crippen LogP contribution in [0.1, 0.15) is 21.5 Å². The van der Waals surface area contributed by atoms with E-state index in [2.05, 4.69) is 9.97 Å². The number of hydrogen-bond acceptors (Lipinski definition) is 6. The summed E-state index contributed by atoms with van der Waals surface area (Å²) in [6.45, 7) is 0. The van der Waals surface area contributed by atoms with Crippen LogP contribution in [0, 0.1) is 0 Å². The maximum Gasteiger partial charge on any atom is 0.347 e. The summed E-state index contributed by atoms with van der Waals surface area (Å²) in [6, 6.07) is 17.4. The number of rotatable bonds is 5. The number of carboxylic acid groups (broad SMARTS) is 1. The molecule has 0 atom stereocenters. The number of aromatic nitrogens is 2. The summed E-state index contributed by atoms with van der Waals surface area (Å²) in [6.07, 6.45) is 3.58. The van der Waals surface area contributed by atoms with Gasteiger partial charge >= 0.3 is 11.6 Å². The average molecular weight is 467 g/mol. The fraction of sp³-hybridized carbons (Fsp3) is 0.0741. The minimum Gasteiger partial charge on any atom is -0.507 e. The van der Waals surface area contributed by atoms with E-state index in [4.69, 9.17) is 4.42 Å². The van der Waals surface area contributed by atoms with Crippen LogP contribution in [-0.4, -0.2) is 40.2 Å². The molecule has 5 rings (SSSR count). The fourth-order valence-corrected chi connectivity index (χ4v) is 3.82. The molecule has 0 aliphatic rings. The van der Waals surface area contributed by atoms with E-state index < -0.39 is 11.6 Å². The quantitative estimate of drug-likeness (QED) is 0.246. The van der Waals surface area contributed by atoms with E-state index in [1.165, 1.54) is 12.1 Å². The summed E-state index contributed by atoms with van der Waals surface area (Å²) in [5, 5.41) is 19.6. The van der Waals surface area contributed by atoms with Crippen LogP contribution in [-0.2, 0) is 0 Å². The second kappa shape index (κ2) is 8.49. The van der Waals surface area contributed by atoms with Crippen molar-refractivity contribution >= 4 is 45.8 Å². The molecule has 0 bridgehead atoms. The van der Waals surface area contributed by atoms with Crippen LogP contribution in [0.4, 0.5) is 5.69 Å². The number of anilines is 1. The largest absolute Gasteiger partial charge is 0.507 e. The molecule has 0 fully saturated rings. The summed E-state index contributed by atoms with van der Waals surface area (Å²) in [5.74, 6) is -1.06. The van der Waals surface area contributed by atoms with Crippen LogP contribution in [0.15, 0.2) is 69.9 Å². The molecule has 0 radical (unpaired) electrons. The van der Waals surface area contributed by atoms with E-state index >= 15 is 0 Å². The Bertz CT molecular complexity index is 1700. The molecular weight excluding hydrogens is 446 g/mol. The molecular formula is C27H21N3O5. The minimum atomic E-state index is -1.19. The highest BCUT2D eigenvalue weighted by Gasteiger charge is 2.13. The molecule has 35 heavy (non-hydrogen) atoms. The summed E-state index contributed by atoms with van der Waals surface area (Å²) in [4.78, 5) is 33.6. The van der Waals surface area contributed by atoms with Gasteiger partial charge in [0.2, 0.25) is 0 Å². The van der Waals surface area contributed by atoms with E-state index in [1.807, 2.05) is 61.5 Å². The highest BCUT2D eigenvalue weighted by atomic mass is 16.4. The molecule has 174 valence electrons. The van der Waals surface area contributed by atoms with E-state index in [0.29, 0.717) is 28.1 Å². The number of imidazole rings is 1. The van der Waals surface area contributed by atoms with Gasteiger partial charge in [0.15, 0.2) is 0 Å². The van der Waals surface area contributed by atoms with Gasteiger partial charge in [-0.25, -0.2) is 14.6 Å². The first-order chi connectivity index (χ1) is 16.8. The molecule has 0 saturated carbocycles. The van der Waals surface area contributed by atoms with Gasteiger partial charge in [-0.15, -0.1) is 0 Å². The predicted octanol–water partition coefficient (Wildman–Crippen LogP) is 4.98. The first kappa shape index (κ1) is 22.0. The van der Waals surface area contributed by atoms with Gasteiger partial charge in [-0.05, 0) is 53.6 Å². The second-order valence-electron chi connectivity index (χ2n) is 8.34. The van der Waals surface area contributed by atoms with Crippen molar-refractivity contribution in [1.29, 1.82) is 0 Å². The van der Waals surface area contributed by atoms with Crippen molar-refractivity contribution in [2.24, 2.45) is 0 Å². The van der Waals surface area contributed by atoms with Crippen molar-refractivity contribution in [1.82, 2.24) is 9.97 Å². The van der Waals surface area contributed by atoms with Gasteiger partial charge in [0.25, 0.3) is 0 Å². The normalized spacial score (nSPS) is 11.5. The van der Waals surface area contributed by atoms with E-state index in [0.717, 1.165) is 22.2 Å². The first-order valence-corrected chi connectivity index (χ1v) is 10.8. The molecule has 0 aliphatic carbocycles. The molecule has 0 unspecified atom stereocenters. The fourth-order valence-electron chi connectivity index (χ4n) is 3.82. The lowest BCUT2D eigenvalue weighted by atomic mass is 10.1. The van der Waals surface area contributed by atoms with Gasteiger partial charge in [0, 0.05) is 31.2 Å². The Morgan fingerprint density at radius 1 is 1.00 bits per heavy atom. The molecule has 3 aromatic carbocycles. The van der Waals surface area contributed by atoms with Crippen LogP contribution in [0.5, 0.6) is 5.75 Å². The SMILES string of the molecule is CN(C)c1ccc2cc(-c3nc4ccc(/C=C/c5ccc(O)c(C(=O)O)c5)cc4[nH]3)c(=O)oc2c1. The van der Waals surface area contributed by atoms with E-state index in [-0.39, 0.29) is 11.3 Å². The number of benzene rings is 3. The Labute approximate surface area is 199 Å². The Morgan fingerprint density at radius 2 is 1.74 bits per heavy atom. The van der Waals surface area contributed by atoms with Crippen molar-refractivity contribution in [2.75, 3.05) is 19.0 Å². The molecule has 0 spiro atoms. The van der Waals surface area contributed by atoms with Crippen LogP contribution in [0.2, 0.25) is 0 Å². The zero-order chi connectivity index (χ0) is 24.7. The van der Waals surface area contributed by atoms with Gasteiger partial charge in [-0.2, -0.15) is 0 Å². The smallest absolute Gasteiger partial charge is 0.347 e. The molecule has 5 aromatic rings. The lowest BCUT2D eigenvalue weighted by Gasteiger charge is -2.12. The third-order valence-electron chi connectivity index (χ3n) is 5.72. The average Bonchev–Trinajstić information content (AvgIpc) is 3.25. The molecule has 0 amide bonds. The number of aromatic amines is 1. The molecule has 8 nitrogen and oxygen atoms in total. The van der Waals surface area contributed by atoms with Crippen LogP contribution >= 0.6 is 0 Å². The number of nitrogens with zero attached hydrogens (tertiary/aromatic N) is 2. The number of H-pyrrole nitrogens is 1. The summed E-state index contributed by atoms with van der Waals surface area (Å²) >= 11 is 0. The monoisotopic (exact) mass is 467 g/mol. The lowest BCUT2D eigenvalue weighted by Crippen LogP contribution is -2.09. The van der Waals surface area contributed by atoms with Gasteiger partial charge in [-0.1, -0.05) is 24.3 Å². The van der Waals surface area contributed by atoms with Gasteiger partial charge in [-0.3, -0.25) is 0 Å². The Kier molecular flexibility index (Phi) is 5.33. The van der Waals surface area contributed by atoms with Crippen molar-refractivity contribution in [3.05, 3.63) is 87.8 Å². The molecule has 2 aromatic heterocycles. The maximum atomic E-state index is 12.7. The van der Waals surface area contributed by atoms with E-state index in [1.54, 1.807) is 18.2 Å².